The number of rotatable bonds is 4. The molecule has 0 radical (unpaired) electrons. The van der Waals surface area contributed by atoms with E-state index in [0.29, 0.717) is 6.42 Å². The van der Waals surface area contributed by atoms with E-state index in [1.54, 1.807) is 17.5 Å². The molecule has 0 N–H and O–H groups in total. The van der Waals surface area contributed by atoms with Crippen LogP contribution in [0.3, 0.4) is 0 Å². The van der Waals surface area contributed by atoms with E-state index < -0.39 is 0 Å². The van der Waals surface area contributed by atoms with E-state index in [2.05, 4.69) is 4.98 Å². The lowest BCUT2D eigenvalue weighted by Crippen LogP contribution is -2.42. The molecule has 0 atom stereocenters. The number of nitrogens with zero attached hydrogens (tertiary/aromatic N) is 2. The van der Waals surface area contributed by atoms with Crippen LogP contribution >= 0.6 is 11.3 Å². The summed E-state index contributed by atoms with van der Waals surface area (Å²) in [4.78, 5) is 18.8. The summed E-state index contributed by atoms with van der Waals surface area (Å²) in [5.41, 5.74) is 2.01. The average molecular weight is 352 g/mol. The third-order valence-corrected chi connectivity index (χ3v) is 5.35. The number of benzene rings is 1. The van der Waals surface area contributed by atoms with Gasteiger partial charge in [0.15, 0.2) is 0 Å². The van der Waals surface area contributed by atoms with E-state index in [4.69, 9.17) is 4.74 Å². The monoisotopic (exact) mass is 352 g/mol. The number of piperidine rings is 1. The lowest BCUT2D eigenvalue weighted by atomic mass is 10.1. The number of aromatic nitrogens is 1. The van der Waals surface area contributed by atoms with Crippen LogP contribution in [0.1, 0.15) is 18.4 Å². The first-order valence-electron chi connectivity index (χ1n) is 8.59. The molecule has 4 rings (SSSR count). The zero-order chi connectivity index (χ0) is 17.1. The topological polar surface area (TPSA) is 42.4 Å². The Labute approximate surface area is 151 Å². The van der Waals surface area contributed by atoms with Crippen molar-refractivity contribution in [2.75, 3.05) is 13.1 Å². The van der Waals surface area contributed by atoms with Crippen LogP contribution in [0.15, 0.2) is 53.4 Å². The molecule has 4 nitrogen and oxygen atoms in total. The lowest BCUT2D eigenvalue weighted by Gasteiger charge is -2.32. The van der Waals surface area contributed by atoms with E-state index >= 15 is 0 Å². The molecule has 1 aromatic carbocycles. The van der Waals surface area contributed by atoms with Crippen LogP contribution in [0.25, 0.3) is 10.9 Å². The fourth-order valence-electron chi connectivity index (χ4n) is 3.25. The molecule has 3 heterocycles. The molecule has 5 heteroatoms. The highest BCUT2D eigenvalue weighted by Gasteiger charge is 2.24. The smallest absolute Gasteiger partial charge is 0.227 e. The number of amides is 1. The summed E-state index contributed by atoms with van der Waals surface area (Å²) in [6.07, 6.45) is 4.15. The van der Waals surface area contributed by atoms with Gasteiger partial charge in [-0.15, -0.1) is 0 Å². The molecule has 3 aromatic rings. The molecule has 0 aliphatic carbocycles. The van der Waals surface area contributed by atoms with Gasteiger partial charge in [0.2, 0.25) is 5.91 Å². The normalized spacial score (nSPS) is 15.4. The maximum Gasteiger partial charge on any atom is 0.227 e. The van der Waals surface area contributed by atoms with Gasteiger partial charge >= 0.3 is 0 Å². The molecule has 0 spiro atoms. The molecule has 1 aliphatic rings. The van der Waals surface area contributed by atoms with Gasteiger partial charge in [-0.2, -0.15) is 11.3 Å². The number of carbonyl (C=O) groups is 1. The second-order valence-corrected chi connectivity index (χ2v) is 7.12. The van der Waals surface area contributed by atoms with Gasteiger partial charge in [0.05, 0.1) is 6.42 Å². The number of hydrogen-bond donors (Lipinski definition) is 0. The fourth-order valence-corrected chi connectivity index (χ4v) is 3.92. The Morgan fingerprint density at radius 1 is 1.20 bits per heavy atom. The van der Waals surface area contributed by atoms with Crippen molar-refractivity contribution in [1.29, 1.82) is 0 Å². The third-order valence-electron chi connectivity index (χ3n) is 4.62. The molecule has 25 heavy (non-hydrogen) atoms. The van der Waals surface area contributed by atoms with Gasteiger partial charge in [0, 0.05) is 37.5 Å². The van der Waals surface area contributed by atoms with Crippen molar-refractivity contribution in [1.82, 2.24) is 9.88 Å². The quantitative estimate of drug-likeness (QED) is 0.715. The second-order valence-electron chi connectivity index (χ2n) is 6.34. The first-order valence-corrected chi connectivity index (χ1v) is 9.53. The maximum absolute atomic E-state index is 12.4. The van der Waals surface area contributed by atoms with Crippen molar-refractivity contribution < 1.29 is 9.53 Å². The lowest BCUT2D eigenvalue weighted by molar-refractivity contribution is -0.132. The van der Waals surface area contributed by atoms with Crippen LogP contribution in [0.2, 0.25) is 0 Å². The number of hydrogen-bond acceptors (Lipinski definition) is 4. The van der Waals surface area contributed by atoms with Gasteiger partial charge in [-0.05, 0) is 34.5 Å². The highest BCUT2D eigenvalue weighted by molar-refractivity contribution is 7.08. The van der Waals surface area contributed by atoms with Crippen molar-refractivity contribution in [2.24, 2.45) is 0 Å². The molecule has 1 saturated heterocycles. The molecule has 1 fully saturated rings. The van der Waals surface area contributed by atoms with E-state index in [0.717, 1.165) is 48.1 Å². The summed E-state index contributed by atoms with van der Waals surface area (Å²) in [7, 11) is 0. The largest absolute Gasteiger partial charge is 0.488 e. The molecule has 2 aromatic heterocycles. The van der Waals surface area contributed by atoms with Crippen LogP contribution < -0.4 is 4.74 Å². The number of thiophene rings is 1. The second kappa shape index (κ2) is 7.23. The van der Waals surface area contributed by atoms with E-state index in [1.165, 1.54) is 0 Å². The number of likely N-dealkylation sites (tertiary alicyclic amines) is 1. The zero-order valence-corrected chi connectivity index (χ0v) is 14.7. The molecule has 128 valence electrons. The Balaban J connectivity index is 1.36. The van der Waals surface area contributed by atoms with Crippen LogP contribution in [0.4, 0.5) is 0 Å². The fraction of sp³-hybridized carbons (Fsp3) is 0.300. The summed E-state index contributed by atoms with van der Waals surface area (Å²) < 4.78 is 6.20. The van der Waals surface area contributed by atoms with Gasteiger partial charge in [-0.3, -0.25) is 9.78 Å². The minimum absolute atomic E-state index is 0.137. The predicted molar refractivity (Wildman–Crippen MR) is 100.0 cm³/mol. The van der Waals surface area contributed by atoms with Crippen molar-refractivity contribution in [3.05, 3.63) is 58.9 Å². The standard InChI is InChI=1S/C20H20N2O2S/c23-19(13-15-8-12-25-14-15)22-10-6-17(7-11-22)24-18-5-1-3-16-4-2-9-21-20(16)18/h1-5,8-9,12,14,17H,6-7,10-11,13H2. The summed E-state index contributed by atoms with van der Waals surface area (Å²) in [5.74, 6) is 1.05. The van der Waals surface area contributed by atoms with Crippen LogP contribution in [-0.4, -0.2) is 35.0 Å². The number of carbonyl (C=O) groups excluding carboxylic acids is 1. The van der Waals surface area contributed by atoms with Gasteiger partial charge in [-0.1, -0.05) is 18.2 Å². The summed E-state index contributed by atoms with van der Waals surface area (Å²) >= 11 is 1.63. The number of para-hydroxylation sites is 1. The first-order chi connectivity index (χ1) is 12.3. The van der Waals surface area contributed by atoms with Crippen molar-refractivity contribution in [2.45, 2.75) is 25.4 Å². The molecular formula is C20H20N2O2S. The molecule has 0 bridgehead atoms. The van der Waals surface area contributed by atoms with Gasteiger partial charge in [0.1, 0.15) is 17.4 Å². The number of fused-ring (bicyclic) bond motifs is 1. The molecular weight excluding hydrogens is 332 g/mol. The van der Waals surface area contributed by atoms with Crippen molar-refractivity contribution >= 4 is 28.1 Å². The SMILES string of the molecule is O=C(Cc1ccsc1)N1CCC(Oc2cccc3cccnc23)CC1. The minimum atomic E-state index is 0.137. The maximum atomic E-state index is 12.4. The Kier molecular flexibility index (Phi) is 4.65. The summed E-state index contributed by atoms with van der Waals surface area (Å²) in [6.45, 7) is 1.51. The Morgan fingerprint density at radius 3 is 2.84 bits per heavy atom. The average Bonchev–Trinajstić information content (AvgIpc) is 3.16. The predicted octanol–water partition coefficient (Wildman–Crippen LogP) is 3.91. The van der Waals surface area contributed by atoms with Crippen molar-refractivity contribution in [3.8, 4) is 5.75 Å². The Bertz CT molecular complexity index is 850. The number of ether oxygens (including phenoxy) is 1. The summed E-state index contributed by atoms with van der Waals surface area (Å²) in [5, 5.41) is 5.14. The van der Waals surface area contributed by atoms with Gasteiger partial charge < -0.3 is 9.64 Å². The molecule has 1 amide bonds. The van der Waals surface area contributed by atoms with Crippen molar-refractivity contribution in [3.63, 3.8) is 0 Å². The molecule has 1 aliphatic heterocycles. The van der Waals surface area contributed by atoms with Crippen LogP contribution in [-0.2, 0) is 11.2 Å². The Hall–Kier alpha value is -2.40. The number of pyridine rings is 1. The zero-order valence-electron chi connectivity index (χ0n) is 13.9. The van der Waals surface area contributed by atoms with Crippen LogP contribution in [0, 0.1) is 0 Å². The first kappa shape index (κ1) is 16.1. The Morgan fingerprint density at radius 2 is 2.04 bits per heavy atom. The minimum Gasteiger partial charge on any atom is -0.488 e. The van der Waals surface area contributed by atoms with Crippen LogP contribution in [0.5, 0.6) is 5.75 Å². The molecule has 0 unspecified atom stereocenters. The van der Waals surface area contributed by atoms with E-state index in [1.807, 2.05) is 52.1 Å². The highest BCUT2D eigenvalue weighted by Crippen LogP contribution is 2.26. The van der Waals surface area contributed by atoms with E-state index in [9.17, 15) is 4.79 Å². The van der Waals surface area contributed by atoms with Gasteiger partial charge in [0.25, 0.3) is 0 Å². The summed E-state index contributed by atoms with van der Waals surface area (Å²) in [6, 6.07) is 12.0. The third kappa shape index (κ3) is 3.66. The van der Waals surface area contributed by atoms with Gasteiger partial charge in [-0.25, -0.2) is 0 Å². The van der Waals surface area contributed by atoms with E-state index in [-0.39, 0.29) is 12.0 Å². The molecule has 0 saturated carbocycles. The highest BCUT2D eigenvalue weighted by atomic mass is 32.1.